The second-order valence-corrected chi connectivity index (χ2v) is 12.8. The van der Waals surface area contributed by atoms with E-state index in [0.717, 1.165) is 30.0 Å². The van der Waals surface area contributed by atoms with Crippen LogP contribution in [-0.4, -0.2) is 50.4 Å². The van der Waals surface area contributed by atoms with Crippen LogP contribution < -0.4 is 14.4 Å². The number of para-hydroxylation sites is 2. The average Bonchev–Trinajstić information content (AvgIpc) is 3.49. The fourth-order valence-corrected chi connectivity index (χ4v) is 6.96. The number of rotatable bonds is 12. The van der Waals surface area contributed by atoms with Gasteiger partial charge >= 0.3 is 0 Å². The molecule has 2 amide bonds. The van der Waals surface area contributed by atoms with Gasteiger partial charge in [-0.15, -0.1) is 0 Å². The maximum Gasteiger partial charge on any atom is 0.264 e. The molecule has 0 saturated heterocycles. The van der Waals surface area contributed by atoms with Crippen molar-refractivity contribution in [2.45, 2.75) is 63.1 Å². The summed E-state index contributed by atoms with van der Waals surface area (Å²) in [4.78, 5) is 28.9. The molecule has 8 nitrogen and oxygen atoms in total. The Morgan fingerprint density at radius 2 is 1.57 bits per heavy atom. The lowest BCUT2D eigenvalue weighted by Gasteiger charge is -2.33. The summed E-state index contributed by atoms with van der Waals surface area (Å²) in [6, 6.07) is 18.6. The number of benzene rings is 3. The van der Waals surface area contributed by atoms with Gasteiger partial charge in [-0.05, 0) is 63.1 Å². The normalized spacial score (nSPS) is 14.3. The fourth-order valence-electron chi connectivity index (χ4n) is 5.00. The van der Waals surface area contributed by atoms with E-state index in [0.29, 0.717) is 28.0 Å². The summed E-state index contributed by atoms with van der Waals surface area (Å²) in [6.07, 6.45) is 3.81. The molecule has 0 aliphatic heterocycles. The van der Waals surface area contributed by atoms with Gasteiger partial charge in [0.15, 0.2) is 0 Å². The molecule has 224 valence electrons. The topological polar surface area (TPSA) is 96.0 Å². The monoisotopic (exact) mass is 631 g/mol. The Kier molecular flexibility index (Phi) is 10.8. The molecule has 4 rings (SSSR count). The van der Waals surface area contributed by atoms with Crippen LogP contribution in [0.25, 0.3) is 0 Å². The van der Waals surface area contributed by atoms with E-state index in [4.69, 9.17) is 27.9 Å². The van der Waals surface area contributed by atoms with Gasteiger partial charge in [0.05, 0.1) is 17.2 Å². The minimum atomic E-state index is -4.22. The fraction of sp³-hybridized carbons (Fsp3) is 0.355. The van der Waals surface area contributed by atoms with Crippen molar-refractivity contribution in [1.29, 1.82) is 0 Å². The van der Waals surface area contributed by atoms with Crippen molar-refractivity contribution in [3.63, 3.8) is 0 Å². The summed E-state index contributed by atoms with van der Waals surface area (Å²) in [5.41, 5.74) is 0.664. The number of anilines is 1. The highest BCUT2D eigenvalue weighted by atomic mass is 35.5. The Hall–Kier alpha value is -3.27. The van der Waals surface area contributed by atoms with E-state index < -0.39 is 28.5 Å². The summed E-state index contributed by atoms with van der Waals surface area (Å²) in [5, 5.41) is 3.71. The van der Waals surface area contributed by atoms with Crippen molar-refractivity contribution >= 4 is 50.7 Å². The van der Waals surface area contributed by atoms with Crippen molar-refractivity contribution in [2.24, 2.45) is 0 Å². The highest BCUT2D eigenvalue weighted by molar-refractivity contribution is 7.92. The molecule has 3 aromatic carbocycles. The highest BCUT2D eigenvalue weighted by Gasteiger charge is 2.35. The molecule has 1 aliphatic carbocycles. The predicted octanol–water partition coefficient (Wildman–Crippen LogP) is 6.06. The number of halogens is 2. The molecule has 0 heterocycles. The molecule has 3 aromatic rings. The molecule has 42 heavy (non-hydrogen) atoms. The molecular weight excluding hydrogens is 597 g/mol. The maximum absolute atomic E-state index is 14.2. The Balaban J connectivity index is 1.75. The smallest absolute Gasteiger partial charge is 0.264 e. The first-order valence-electron chi connectivity index (χ1n) is 14.0. The van der Waals surface area contributed by atoms with Crippen LogP contribution in [0.4, 0.5) is 5.69 Å². The zero-order chi connectivity index (χ0) is 30.3. The first-order chi connectivity index (χ1) is 20.1. The minimum absolute atomic E-state index is 0.0109. The Labute approximate surface area is 257 Å². The van der Waals surface area contributed by atoms with Gasteiger partial charge in [0.2, 0.25) is 11.8 Å². The van der Waals surface area contributed by atoms with Crippen LogP contribution in [0.2, 0.25) is 10.0 Å². The molecule has 1 N–H and O–H groups in total. The number of carbonyl (C=O) groups excluding carboxylic acids is 2. The van der Waals surface area contributed by atoms with Crippen molar-refractivity contribution in [3.8, 4) is 5.75 Å². The van der Waals surface area contributed by atoms with Crippen molar-refractivity contribution in [3.05, 3.63) is 88.4 Å². The average molecular weight is 633 g/mol. The van der Waals surface area contributed by atoms with E-state index in [-0.39, 0.29) is 29.1 Å². The van der Waals surface area contributed by atoms with E-state index in [1.54, 1.807) is 74.5 Å². The molecule has 0 radical (unpaired) electrons. The second-order valence-electron chi connectivity index (χ2n) is 10.1. The van der Waals surface area contributed by atoms with E-state index in [1.165, 1.54) is 17.0 Å². The molecule has 1 aliphatic rings. The maximum atomic E-state index is 14.2. The van der Waals surface area contributed by atoms with Gasteiger partial charge in [-0.3, -0.25) is 13.9 Å². The molecule has 1 saturated carbocycles. The molecule has 1 fully saturated rings. The lowest BCUT2D eigenvalue weighted by molar-refractivity contribution is -0.139. The van der Waals surface area contributed by atoms with Gasteiger partial charge in [-0.1, -0.05) is 72.4 Å². The molecular formula is C31H35Cl2N3O5S. The summed E-state index contributed by atoms with van der Waals surface area (Å²) >= 11 is 12.9. The molecule has 1 unspecified atom stereocenters. The van der Waals surface area contributed by atoms with Crippen LogP contribution >= 0.6 is 23.2 Å². The zero-order valence-corrected chi connectivity index (χ0v) is 26.0. The van der Waals surface area contributed by atoms with Gasteiger partial charge in [0.25, 0.3) is 10.0 Å². The number of hydrogen-bond donors (Lipinski definition) is 1. The van der Waals surface area contributed by atoms with Crippen LogP contribution in [0.5, 0.6) is 5.75 Å². The molecule has 1 atom stereocenters. The first-order valence-corrected chi connectivity index (χ1v) is 16.2. The van der Waals surface area contributed by atoms with Crippen molar-refractivity contribution < 1.29 is 22.7 Å². The van der Waals surface area contributed by atoms with Gasteiger partial charge in [-0.25, -0.2) is 8.42 Å². The third-order valence-corrected chi connectivity index (χ3v) is 9.79. The predicted molar refractivity (Wildman–Crippen MR) is 165 cm³/mol. The third kappa shape index (κ3) is 7.38. The number of ether oxygens (including phenoxy) is 1. The summed E-state index contributed by atoms with van der Waals surface area (Å²) in [5.74, 6) is -0.628. The van der Waals surface area contributed by atoms with Crippen LogP contribution in [-0.2, 0) is 26.2 Å². The largest absolute Gasteiger partial charge is 0.492 e. The molecule has 11 heteroatoms. The van der Waals surface area contributed by atoms with Crippen LogP contribution in [0, 0.1) is 0 Å². The molecule has 0 aromatic heterocycles. The SMILES string of the molecule is CCOc1ccccc1N(CC(=O)N(Cc1c(Cl)cccc1Cl)C(C)C(=O)NC1CCCC1)S(=O)(=O)c1ccccc1. The number of hydrogen-bond acceptors (Lipinski definition) is 5. The third-order valence-electron chi connectivity index (χ3n) is 7.30. The summed E-state index contributed by atoms with van der Waals surface area (Å²) < 4.78 is 34.8. The Morgan fingerprint density at radius 3 is 2.21 bits per heavy atom. The van der Waals surface area contributed by atoms with Crippen LogP contribution in [0.3, 0.4) is 0 Å². The van der Waals surface area contributed by atoms with Gasteiger partial charge in [0, 0.05) is 28.2 Å². The molecule has 0 bridgehead atoms. The van der Waals surface area contributed by atoms with Crippen molar-refractivity contribution in [1.82, 2.24) is 10.2 Å². The van der Waals surface area contributed by atoms with Crippen LogP contribution in [0.1, 0.15) is 45.1 Å². The number of sulfonamides is 1. The lowest BCUT2D eigenvalue weighted by atomic mass is 10.1. The molecule has 0 spiro atoms. The van der Waals surface area contributed by atoms with E-state index >= 15 is 0 Å². The summed E-state index contributed by atoms with van der Waals surface area (Å²) in [7, 11) is -4.22. The number of nitrogens with zero attached hydrogens (tertiary/aromatic N) is 2. The van der Waals surface area contributed by atoms with E-state index in [1.807, 2.05) is 0 Å². The second kappa shape index (κ2) is 14.3. The van der Waals surface area contributed by atoms with E-state index in [2.05, 4.69) is 5.32 Å². The Morgan fingerprint density at radius 1 is 0.952 bits per heavy atom. The van der Waals surface area contributed by atoms with Crippen molar-refractivity contribution in [2.75, 3.05) is 17.5 Å². The highest BCUT2D eigenvalue weighted by Crippen LogP contribution is 2.33. The van der Waals surface area contributed by atoms with Gasteiger partial charge in [0.1, 0.15) is 18.3 Å². The zero-order valence-electron chi connectivity index (χ0n) is 23.6. The first kappa shape index (κ1) is 31.7. The number of amides is 2. The Bertz CT molecular complexity index is 1480. The standard InChI is InChI=1S/C31H35Cl2N3O5S/c1-3-41-29-19-10-9-18-28(29)36(42(39,40)24-14-5-4-6-15-24)21-30(37)35(20-25-26(32)16-11-17-27(25)33)22(2)31(38)34-23-12-7-8-13-23/h4-6,9-11,14-19,22-23H,3,7-8,12-13,20-21H2,1-2H3,(H,34,38). The number of carbonyl (C=O) groups is 2. The quantitative estimate of drug-likeness (QED) is 0.262. The van der Waals surface area contributed by atoms with Gasteiger partial charge in [-0.2, -0.15) is 0 Å². The van der Waals surface area contributed by atoms with E-state index in [9.17, 15) is 18.0 Å². The van der Waals surface area contributed by atoms with Crippen LogP contribution in [0.15, 0.2) is 77.7 Å². The lowest BCUT2D eigenvalue weighted by Crippen LogP contribution is -2.52. The number of nitrogens with one attached hydrogen (secondary N) is 1. The van der Waals surface area contributed by atoms with Gasteiger partial charge < -0.3 is 15.0 Å². The summed E-state index contributed by atoms with van der Waals surface area (Å²) in [6.45, 7) is 3.02. The minimum Gasteiger partial charge on any atom is -0.492 e.